The lowest BCUT2D eigenvalue weighted by Crippen LogP contribution is -2.29. The Balaban J connectivity index is 1.82. The van der Waals surface area contributed by atoms with Gasteiger partial charge in [0.15, 0.2) is 0 Å². The third-order valence-corrected chi connectivity index (χ3v) is 5.17. The summed E-state index contributed by atoms with van der Waals surface area (Å²) in [5, 5.41) is 0.711. The van der Waals surface area contributed by atoms with Crippen LogP contribution < -0.4 is 14.2 Å². The fraction of sp³-hybridized carbons (Fsp3) is 0.250. The lowest BCUT2D eigenvalue weighted by molar-refractivity contribution is 0.320. The zero-order valence-corrected chi connectivity index (χ0v) is 15.3. The molecule has 0 atom stereocenters. The van der Waals surface area contributed by atoms with Crippen LogP contribution in [0.4, 0.5) is 0 Å². The van der Waals surface area contributed by atoms with E-state index in [2.05, 4.69) is 4.72 Å². The van der Waals surface area contributed by atoms with Crippen LogP contribution in [0.15, 0.2) is 42.5 Å². The summed E-state index contributed by atoms with van der Waals surface area (Å²) in [5.74, 6) is 1.11. The van der Waals surface area contributed by atoms with Crippen LogP contribution in [0.5, 0.6) is 11.5 Å². The highest BCUT2D eigenvalue weighted by Gasteiger charge is 2.12. The summed E-state index contributed by atoms with van der Waals surface area (Å²) in [6, 6.07) is 11.8. The molecule has 0 unspecified atom stereocenters. The van der Waals surface area contributed by atoms with E-state index in [4.69, 9.17) is 32.7 Å². The van der Waals surface area contributed by atoms with Crippen molar-refractivity contribution in [1.82, 2.24) is 4.72 Å². The number of halogens is 2. The maximum atomic E-state index is 12.0. The molecule has 5 nitrogen and oxygen atoms in total. The number of hydrogen-bond acceptors (Lipinski definition) is 4. The molecular weight excluding hydrogens is 373 g/mol. The van der Waals surface area contributed by atoms with Crippen LogP contribution in [-0.2, 0) is 15.8 Å². The molecule has 8 heteroatoms. The summed E-state index contributed by atoms with van der Waals surface area (Å²) in [6.07, 6.45) is 0. The van der Waals surface area contributed by atoms with Crippen LogP contribution in [0.2, 0.25) is 10.0 Å². The lowest BCUT2D eigenvalue weighted by Gasteiger charge is -2.10. The molecule has 0 aliphatic rings. The average molecular weight is 390 g/mol. The third kappa shape index (κ3) is 5.87. The Morgan fingerprint density at radius 3 is 2.50 bits per heavy atom. The molecule has 0 aromatic heterocycles. The quantitative estimate of drug-likeness (QED) is 0.701. The van der Waals surface area contributed by atoms with Gasteiger partial charge in [-0.25, -0.2) is 13.1 Å². The first-order valence-electron chi connectivity index (χ1n) is 7.08. The smallest absolute Gasteiger partial charge is 0.215 e. The molecule has 0 heterocycles. The second-order valence-corrected chi connectivity index (χ2v) is 7.55. The first kappa shape index (κ1) is 18.9. The van der Waals surface area contributed by atoms with Crippen LogP contribution in [0, 0.1) is 0 Å². The Morgan fingerprint density at radius 1 is 1.04 bits per heavy atom. The molecule has 0 radical (unpaired) electrons. The third-order valence-electron chi connectivity index (χ3n) is 3.07. The van der Waals surface area contributed by atoms with E-state index in [0.717, 1.165) is 0 Å². The van der Waals surface area contributed by atoms with E-state index < -0.39 is 10.0 Å². The van der Waals surface area contributed by atoms with Gasteiger partial charge < -0.3 is 9.47 Å². The Morgan fingerprint density at radius 2 is 1.79 bits per heavy atom. The van der Waals surface area contributed by atoms with E-state index in [9.17, 15) is 8.42 Å². The van der Waals surface area contributed by atoms with Gasteiger partial charge in [-0.3, -0.25) is 0 Å². The number of sulfonamides is 1. The van der Waals surface area contributed by atoms with Gasteiger partial charge in [0.25, 0.3) is 0 Å². The molecule has 0 bridgehead atoms. The van der Waals surface area contributed by atoms with Crippen molar-refractivity contribution in [2.24, 2.45) is 0 Å². The lowest BCUT2D eigenvalue weighted by atomic mass is 10.2. The van der Waals surface area contributed by atoms with E-state index >= 15 is 0 Å². The topological polar surface area (TPSA) is 64.6 Å². The normalized spacial score (nSPS) is 11.3. The molecule has 130 valence electrons. The maximum absolute atomic E-state index is 12.0. The van der Waals surface area contributed by atoms with Crippen molar-refractivity contribution in [3.05, 3.63) is 58.1 Å². The molecule has 0 saturated heterocycles. The van der Waals surface area contributed by atoms with Crippen LogP contribution in [0.3, 0.4) is 0 Å². The SMILES string of the molecule is COc1cccc(OCCNS(=O)(=O)Cc2ccc(Cl)c(Cl)c2)c1. The first-order chi connectivity index (χ1) is 11.4. The predicted octanol–water partition coefficient (Wildman–Crippen LogP) is 3.50. The highest BCUT2D eigenvalue weighted by atomic mass is 35.5. The van der Waals surface area contributed by atoms with E-state index in [1.807, 2.05) is 0 Å². The molecule has 0 aliphatic heterocycles. The predicted molar refractivity (Wildman–Crippen MR) is 95.6 cm³/mol. The summed E-state index contributed by atoms with van der Waals surface area (Å²) in [7, 11) is -1.92. The minimum absolute atomic E-state index is 0.154. The van der Waals surface area contributed by atoms with Crippen molar-refractivity contribution in [2.45, 2.75) is 5.75 Å². The number of rotatable bonds is 8. The van der Waals surface area contributed by atoms with Crippen molar-refractivity contribution in [3.8, 4) is 11.5 Å². The Kier molecular flexibility index (Phi) is 6.74. The van der Waals surface area contributed by atoms with Gasteiger partial charge in [-0.2, -0.15) is 0 Å². The summed E-state index contributed by atoms with van der Waals surface area (Å²) in [6.45, 7) is 0.356. The minimum Gasteiger partial charge on any atom is -0.497 e. The second kappa shape index (κ2) is 8.58. The molecule has 24 heavy (non-hydrogen) atoms. The van der Waals surface area contributed by atoms with Gasteiger partial charge in [-0.1, -0.05) is 35.3 Å². The molecular formula is C16H17Cl2NO4S. The number of hydrogen-bond donors (Lipinski definition) is 1. The van der Waals surface area contributed by atoms with Crippen molar-refractivity contribution in [1.29, 1.82) is 0 Å². The second-order valence-electron chi connectivity index (χ2n) is 4.93. The molecule has 0 spiro atoms. The van der Waals surface area contributed by atoms with E-state index in [1.165, 1.54) is 6.07 Å². The van der Waals surface area contributed by atoms with Gasteiger partial charge in [0.2, 0.25) is 10.0 Å². The molecule has 1 N–H and O–H groups in total. The number of methoxy groups -OCH3 is 1. The minimum atomic E-state index is -3.49. The molecule has 0 amide bonds. The fourth-order valence-corrected chi connectivity index (χ4v) is 3.39. The number of benzene rings is 2. The zero-order chi connectivity index (χ0) is 17.6. The van der Waals surface area contributed by atoms with Crippen molar-refractivity contribution >= 4 is 33.2 Å². The molecule has 0 aliphatic carbocycles. The number of nitrogens with one attached hydrogen (secondary N) is 1. The van der Waals surface area contributed by atoms with E-state index in [1.54, 1.807) is 43.5 Å². The zero-order valence-electron chi connectivity index (χ0n) is 13.0. The maximum Gasteiger partial charge on any atom is 0.215 e. The summed E-state index contributed by atoms with van der Waals surface area (Å²) in [4.78, 5) is 0. The van der Waals surface area contributed by atoms with Gasteiger partial charge in [-0.15, -0.1) is 0 Å². The van der Waals surface area contributed by atoms with Crippen molar-refractivity contribution in [3.63, 3.8) is 0 Å². The van der Waals surface area contributed by atoms with Gasteiger partial charge in [0.05, 0.1) is 22.9 Å². The molecule has 0 fully saturated rings. The Bertz CT molecular complexity index is 796. The van der Waals surface area contributed by atoms with Gasteiger partial charge in [0, 0.05) is 12.6 Å². The largest absolute Gasteiger partial charge is 0.497 e. The molecule has 2 rings (SSSR count). The molecule has 2 aromatic rings. The van der Waals surface area contributed by atoms with Crippen LogP contribution in [0.25, 0.3) is 0 Å². The highest BCUT2D eigenvalue weighted by Crippen LogP contribution is 2.23. The molecule has 0 saturated carbocycles. The summed E-state index contributed by atoms with van der Waals surface area (Å²) in [5.41, 5.74) is 0.561. The Labute approximate surface area is 151 Å². The van der Waals surface area contributed by atoms with Crippen molar-refractivity contribution in [2.75, 3.05) is 20.3 Å². The van der Waals surface area contributed by atoms with Gasteiger partial charge in [-0.05, 0) is 29.8 Å². The fourth-order valence-electron chi connectivity index (χ4n) is 1.96. The number of ether oxygens (including phenoxy) is 2. The first-order valence-corrected chi connectivity index (χ1v) is 9.48. The monoisotopic (exact) mass is 389 g/mol. The standard InChI is InChI=1S/C16H17Cl2NO4S/c1-22-13-3-2-4-14(10-13)23-8-7-19-24(20,21)11-12-5-6-15(17)16(18)9-12/h2-6,9-10,19H,7-8,11H2,1H3. The highest BCUT2D eigenvalue weighted by molar-refractivity contribution is 7.88. The molecule has 2 aromatic carbocycles. The van der Waals surface area contributed by atoms with Crippen LogP contribution in [-0.4, -0.2) is 28.7 Å². The van der Waals surface area contributed by atoms with E-state index in [0.29, 0.717) is 27.1 Å². The van der Waals surface area contributed by atoms with E-state index in [-0.39, 0.29) is 18.9 Å². The van der Waals surface area contributed by atoms with Crippen molar-refractivity contribution < 1.29 is 17.9 Å². The average Bonchev–Trinajstić information content (AvgIpc) is 2.55. The summed E-state index contributed by atoms with van der Waals surface area (Å²) < 4.78 is 37.1. The Hall–Kier alpha value is -1.47. The van der Waals surface area contributed by atoms with Crippen LogP contribution in [0.1, 0.15) is 5.56 Å². The summed E-state index contributed by atoms with van der Waals surface area (Å²) >= 11 is 11.7. The van der Waals surface area contributed by atoms with Crippen LogP contribution >= 0.6 is 23.2 Å². The van der Waals surface area contributed by atoms with Gasteiger partial charge >= 0.3 is 0 Å². The van der Waals surface area contributed by atoms with Gasteiger partial charge in [0.1, 0.15) is 18.1 Å².